The standard InChI is InChI=1S/C17H19N3O/c18-14-8-4-9-15-17(14)19-16(20(15)10-5-11-21)12-13-6-2-1-3-7-13/h1-4,6-9,21H,5,10-12,18H2. The Hall–Kier alpha value is -2.33. The second kappa shape index (κ2) is 5.97. The van der Waals surface area contributed by atoms with Crippen LogP contribution in [0.25, 0.3) is 11.0 Å². The first-order valence-electron chi connectivity index (χ1n) is 7.18. The molecule has 3 aromatic rings. The van der Waals surface area contributed by atoms with Crippen LogP contribution in [-0.4, -0.2) is 21.3 Å². The minimum Gasteiger partial charge on any atom is -0.397 e. The Bertz CT molecular complexity index is 734. The van der Waals surface area contributed by atoms with Gasteiger partial charge in [-0.3, -0.25) is 0 Å². The molecule has 0 saturated carbocycles. The van der Waals surface area contributed by atoms with Crippen molar-refractivity contribution in [1.29, 1.82) is 0 Å². The van der Waals surface area contributed by atoms with Crippen LogP contribution < -0.4 is 5.73 Å². The molecule has 1 heterocycles. The van der Waals surface area contributed by atoms with E-state index in [4.69, 9.17) is 15.8 Å². The van der Waals surface area contributed by atoms with Gasteiger partial charge in [0.2, 0.25) is 0 Å². The number of rotatable bonds is 5. The van der Waals surface area contributed by atoms with Crippen molar-refractivity contribution in [2.75, 3.05) is 12.3 Å². The summed E-state index contributed by atoms with van der Waals surface area (Å²) >= 11 is 0. The molecular weight excluding hydrogens is 262 g/mol. The van der Waals surface area contributed by atoms with Gasteiger partial charge in [0.05, 0.1) is 11.2 Å². The molecule has 0 aliphatic rings. The molecule has 3 rings (SSSR count). The monoisotopic (exact) mass is 281 g/mol. The zero-order valence-electron chi connectivity index (χ0n) is 11.9. The van der Waals surface area contributed by atoms with Crippen LogP contribution in [0.15, 0.2) is 48.5 Å². The van der Waals surface area contributed by atoms with Gasteiger partial charge < -0.3 is 15.4 Å². The third kappa shape index (κ3) is 2.76. The van der Waals surface area contributed by atoms with Gasteiger partial charge in [-0.15, -0.1) is 0 Å². The Balaban J connectivity index is 2.05. The first kappa shape index (κ1) is 13.6. The van der Waals surface area contributed by atoms with Gasteiger partial charge in [-0.1, -0.05) is 36.4 Å². The van der Waals surface area contributed by atoms with Crippen molar-refractivity contribution in [3.05, 3.63) is 59.9 Å². The van der Waals surface area contributed by atoms with E-state index < -0.39 is 0 Å². The lowest BCUT2D eigenvalue weighted by Crippen LogP contribution is -2.06. The van der Waals surface area contributed by atoms with E-state index in [0.717, 1.165) is 29.8 Å². The highest BCUT2D eigenvalue weighted by Gasteiger charge is 2.12. The molecule has 0 aliphatic carbocycles. The van der Waals surface area contributed by atoms with Crippen molar-refractivity contribution in [2.24, 2.45) is 0 Å². The van der Waals surface area contributed by atoms with Crippen LogP contribution in [0, 0.1) is 0 Å². The fourth-order valence-corrected chi connectivity index (χ4v) is 2.61. The second-order valence-corrected chi connectivity index (χ2v) is 5.13. The number of imidazole rings is 1. The number of anilines is 1. The summed E-state index contributed by atoms with van der Waals surface area (Å²) < 4.78 is 2.16. The maximum absolute atomic E-state index is 9.11. The van der Waals surface area contributed by atoms with Crippen molar-refractivity contribution in [3.8, 4) is 0 Å². The Morgan fingerprint density at radius 2 is 1.86 bits per heavy atom. The van der Waals surface area contributed by atoms with Crippen LogP contribution in [0.5, 0.6) is 0 Å². The molecule has 0 unspecified atom stereocenters. The second-order valence-electron chi connectivity index (χ2n) is 5.13. The van der Waals surface area contributed by atoms with Gasteiger partial charge >= 0.3 is 0 Å². The van der Waals surface area contributed by atoms with E-state index in [9.17, 15) is 0 Å². The number of para-hydroxylation sites is 1. The van der Waals surface area contributed by atoms with Crippen LogP contribution >= 0.6 is 0 Å². The van der Waals surface area contributed by atoms with Crippen LogP contribution in [0.4, 0.5) is 5.69 Å². The molecule has 0 saturated heterocycles. The van der Waals surface area contributed by atoms with Gasteiger partial charge in [0, 0.05) is 19.6 Å². The molecule has 0 atom stereocenters. The third-order valence-electron chi connectivity index (χ3n) is 3.63. The molecule has 4 nitrogen and oxygen atoms in total. The summed E-state index contributed by atoms with van der Waals surface area (Å²) in [6, 6.07) is 16.1. The van der Waals surface area contributed by atoms with Gasteiger partial charge in [-0.2, -0.15) is 0 Å². The summed E-state index contributed by atoms with van der Waals surface area (Å²) in [6.45, 7) is 0.922. The van der Waals surface area contributed by atoms with Crippen molar-refractivity contribution < 1.29 is 5.11 Å². The number of hydrogen-bond acceptors (Lipinski definition) is 3. The molecule has 2 aromatic carbocycles. The number of fused-ring (bicyclic) bond motifs is 1. The Morgan fingerprint density at radius 3 is 2.62 bits per heavy atom. The molecule has 0 radical (unpaired) electrons. The lowest BCUT2D eigenvalue weighted by molar-refractivity contribution is 0.280. The number of aromatic nitrogens is 2. The van der Waals surface area contributed by atoms with Crippen LogP contribution in [0.1, 0.15) is 17.8 Å². The SMILES string of the molecule is Nc1cccc2c1nc(Cc1ccccc1)n2CCCO. The van der Waals surface area contributed by atoms with E-state index >= 15 is 0 Å². The summed E-state index contributed by atoms with van der Waals surface area (Å²) in [5, 5.41) is 9.11. The Morgan fingerprint density at radius 1 is 1.05 bits per heavy atom. The Kier molecular flexibility index (Phi) is 3.88. The van der Waals surface area contributed by atoms with Crippen LogP contribution in [0.3, 0.4) is 0 Å². The number of aliphatic hydroxyl groups is 1. The first-order chi connectivity index (χ1) is 10.3. The molecular formula is C17H19N3O. The molecule has 21 heavy (non-hydrogen) atoms. The van der Waals surface area contributed by atoms with Crippen molar-refractivity contribution >= 4 is 16.7 Å². The van der Waals surface area contributed by atoms with Crippen molar-refractivity contribution in [1.82, 2.24) is 9.55 Å². The van der Waals surface area contributed by atoms with E-state index in [1.165, 1.54) is 5.56 Å². The smallest absolute Gasteiger partial charge is 0.114 e. The maximum Gasteiger partial charge on any atom is 0.114 e. The van der Waals surface area contributed by atoms with E-state index in [0.29, 0.717) is 12.1 Å². The predicted molar refractivity (Wildman–Crippen MR) is 85.1 cm³/mol. The number of hydrogen-bond donors (Lipinski definition) is 2. The number of nitrogens with two attached hydrogens (primary N) is 1. The van der Waals surface area contributed by atoms with Gasteiger partial charge in [0.1, 0.15) is 11.3 Å². The molecule has 0 amide bonds. The summed E-state index contributed by atoms with van der Waals surface area (Å²) in [5.74, 6) is 0.988. The highest BCUT2D eigenvalue weighted by Crippen LogP contribution is 2.23. The number of aryl methyl sites for hydroxylation is 1. The van der Waals surface area contributed by atoms with Crippen LogP contribution in [-0.2, 0) is 13.0 Å². The van der Waals surface area contributed by atoms with Gasteiger partial charge in [-0.05, 0) is 24.1 Å². The Labute approximate surface area is 123 Å². The van der Waals surface area contributed by atoms with Gasteiger partial charge in [0.25, 0.3) is 0 Å². The molecule has 0 fully saturated rings. The quantitative estimate of drug-likeness (QED) is 0.707. The van der Waals surface area contributed by atoms with E-state index in [-0.39, 0.29) is 6.61 Å². The summed E-state index contributed by atoms with van der Waals surface area (Å²) in [5.41, 5.74) is 9.84. The molecule has 108 valence electrons. The maximum atomic E-state index is 9.11. The summed E-state index contributed by atoms with van der Waals surface area (Å²) in [6.07, 6.45) is 1.47. The lowest BCUT2D eigenvalue weighted by Gasteiger charge is -2.08. The third-order valence-corrected chi connectivity index (χ3v) is 3.63. The molecule has 0 bridgehead atoms. The number of aliphatic hydroxyl groups excluding tert-OH is 1. The zero-order chi connectivity index (χ0) is 14.7. The normalized spacial score (nSPS) is 11.1. The highest BCUT2D eigenvalue weighted by atomic mass is 16.3. The van der Waals surface area contributed by atoms with Crippen molar-refractivity contribution in [2.45, 2.75) is 19.4 Å². The molecule has 3 N–H and O–H groups in total. The topological polar surface area (TPSA) is 64.1 Å². The minimum atomic E-state index is 0.173. The average molecular weight is 281 g/mol. The van der Waals surface area contributed by atoms with Crippen molar-refractivity contribution in [3.63, 3.8) is 0 Å². The molecule has 0 spiro atoms. The number of nitrogens with zero attached hydrogens (tertiary/aromatic N) is 2. The van der Waals surface area contributed by atoms with Crippen LogP contribution in [0.2, 0.25) is 0 Å². The molecule has 0 aliphatic heterocycles. The minimum absolute atomic E-state index is 0.173. The number of nitrogen functional groups attached to an aromatic ring is 1. The lowest BCUT2D eigenvalue weighted by atomic mass is 10.1. The largest absolute Gasteiger partial charge is 0.397 e. The predicted octanol–water partition coefficient (Wildman–Crippen LogP) is 2.59. The zero-order valence-corrected chi connectivity index (χ0v) is 11.9. The van der Waals surface area contributed by atoms with Gasteiger partial charge in [-0.25, -0.2) is 4.98 Å². The molecule has 1 aromatic heterocycles. The fourth-order valence-electron chi connectivity index (χ4n) is 2.61. The first-order valence-corrected chi connectivity index (χ1v) is 7.18. The fraction of sp³-hybridized carbons (Fsp3) is 0.235. The summed E-state index contributed by atoms with van der Waals surface area (Å²) in [4.78, 5) is 4.72. The van der Waals surface area contributed by atoms with E-state index in [2.05, 4.69) is 16.7 Å². The molecule has 4 heteroatoms. The van der Waals surface area contributed by atoms with E-state index in [1.807, 2.05) is 36.4 Å². The van der Waals surface area contributed by atoms with E-state index in [1.54, 1.807) is 0 Å². The van der Waals surface area contributed by atoms with Gasteiger partial charge in [0.15, 0.2) is 0 Å². The average Bonchev–Trinajstić information content (AvgIpc) is 2.85. The summed E-state index contributed by atoms with van der Waals surface area (Å²) in [7, 11) is 0. The highest BCUT2D eigenvalue weighted by molar-refractivity contribution is 5.87. The number of benzene rings is 2.